The number of rotatable bonds is 6. The first-order valence-corrected chi connectivity index (χ1v) is 7.15. The van der Waals surface area contributed by atoms with Crippen LogP contribution in [0.3, 0.4) is 0 Å². The number of nitrogens with one attached hydrogen (secondary N) is 1. The lowest BCUT2D eigenvalue weighted by atomic mass is 9.79. The van der Waals surface area contributed by atoms with E-state index >= 15 is 0 Å². The zero-order valence-electron chi connectivity index (χ0n) is 11.2. The summed E-state index contributed by atoms with van der Waals surface area (Å²) in [6.07, 6.45) is 6.77. The van der Waals surface area contributed by atoms with Crippen molar-refractivity contribution in [1.82, 2.24) is 5.32 Å². The minimum atomic E-state index is 0.566. The first kappa shape index (κ1) is 12.6. The van der Waals surface area contributed by atoms with E-state index in [0.29, 0.717) is 6.04 Å². The molecule has 1 aliphatic carbocycles. The molecule has 0 saturated heterocycles. The van der Waals surface area contributed by atoms with Crippen molar-refractivity contribution in [2.24, 2.45) is 5.92 Å². The molecular weight excluding hydrogens is 206 g/mol. The largest absolute Gasteiger partial charge is 0.310 e. The molecule has 1 nitrogen and oxygen atoms in total. The molecule has 17 heavy (non-hydrogen) atoms. The maximum atomic E-state index is 3.64. The van der Waals surface area contributed by atoms with Crippen LogP contribution in [-0.2, 0) is 6.42 Å². The van der Waals surface area contributed by atoms with Crippen molar-refractivity contribution in [3.63, 3.8) is 0 Å². The van der Waals surface area contributed by atoms with Crippen LogP contribution >= 0.6 is 0 Å². The van der Waals surface area contributed by atoms with Gasteiger partial charge < -0.3 is 5.32 Å². The average molecular weight is 231 g/mol. The predicted octanol–water partition coefficient (Wildman–Crippen LogP) is 4.09. The fourth-order valence-electron chi connectivity index (χ4n) is 2.63. The Labute approximate surface area is 106 Å². The van der Waals surface area contributed by atoms with Gasteiger partial charge in [0.05, 0.1) is 0 Å². The molecule has 1 N–H and O–H groups in total. The molecule has 1 saturated carbocycles. The Morgan fingerprint density at radius 2 is 1.88 bits per heavy atom. The van der Waals surface area contributed by atoms with Crippen LogP contribution < -0.4 is 5.32 Å². The third kappa shape index (κ3) is 3.32. The molecule has 1 unspecified atom stereocenters. The van der Waals surface area contributed by atoms with Gasteiger partial charge >= 0.3 is 0 Å². The van der Waals surface area contributed by atoms with E-state index in [1.165, 1.54) is 36.8 Å². The molecule has 1 fully saturated rings. The summed E-state index contributed by atoms with van der Waals surface area (Å²) in [7, 11) is 0. The highest BCUT2D eigenvalue weighted by atomic mass is 14.9. The van der Waals surface area contributed by atoms with Crippen LogP contribution in [0.5, 0.6) is 0 Å². The van der Waals surface area contributed by atoms with Gasteiger partial charge in [-0.1, -0.05) is 57.4 Å². The van der Waals surface area contributed by atoms with Crippen LogP contribution in [-0.4, -0.2) is 6.54 Å². The van der Waals surface area contributed by atoms with Gasteiger partial charge in [-0.25, -0.2) is 0 Å². The van der Waals surface area contributed by atoms with Gasteiger partial charge in [-0.3, -0.25) is 0 Å². The van der Waals surface area contributed by atoms with E-state index in [1.807, 2.05) is 0 Å². The third-order valence-electron chi connectivity index (χ3n) is 4.03. The second kappa shape index (κ2) is 6.20. The lowest BCUT2D eigenvalue weighted by Crippen LogP contribution is -2.25. The van der Waals surface area contributed by atoms with E-state index in [1.54, 1.807) is 0 Å². The highest BCUT2D eigenvalue weighted by molar-refractivity contribution is 5.25. The second-order valence-corrected chi connectivity index (χ2v) is 5.24. The van der Waals surface area contributed by atoms with Crippen molar-refractivity contribution in [3.05, 3.63) is 35.4 Å². The molecule has 1 aromatic carbocycles. The lowest BCUT2D eigenvalue weighted by Gasteiger charge is -2.30. The molecule has 0 heterocycles. The van der Waals surface area contributed by atoms with Crippen molar-refractivity contribution < 1.29 is 0 Å². The second-order valence-electron chi connectivity index (χ2n) is 5.24. The minimum Gasteiger partial charge on any atom is -0.310 e. The van der Waals surface area contributed by atoms with Crippen LogP contribution in [0.15, 0.2) is 24.3 Å². The van der Waals surface area contributed by atoms with Gasteiger partial charge in [0, 0.05) is 6.04 Å². The summed E-state index contributed by atoms with van der Waals surface area (Å²) < 4.78 is 0. The fraction of sp³-hybridized carbons (Fsp3) is 0.625. The fourth-order valence-corrected chi connectivity index (χ4v) is 2.63. The zero-order chi connectivity index (χ0) is 12.1. The summed E-state index contributed by atoms with van der Waals surface area (Å²) in [5, 5.41) is 3.64. The van der Waals surface area contributed by atoms with Gasteiger partial charge in [0.1, 0.15) is 0 Å². The first-order valence-electron chi connectivity index (χ1n) is 7.15. The molecule has 1 aliphatic rings. The highest BCUT2D eigenvalue weighted by Crippen LogP contribution is 2.34. The van der Waals surface area contributed by atoms with Crippen LogP contribution in [0.1, 0.15) is 56.7 Å². The minimum absolute atomic E-state index is 0.566. The van der Waals surface area contributed by atoms with E-state index in [9.17, 15) is 0 Å². The van der Waals surface area contributed by atoms with Crippen LogP contribution in [0.25, 0.3) is 0 Å². The molecule has 1 atom stereocenters. The maximum absolute atomic E-state index is 3.64. The van der Waals surface area contributed by atoms with Gasteiger partial charge in [-0.2, -0.15) is 0 Å². The van der Waals surface area contributed by atoms with E-state index < -0.39 is 0 Å². The summed E-state index contributed by atoms with van der Waals surface area (Å²) in [6.45, 7) is 5.48. The smallest absolute Gasteiger partial charge is 0.0322 e. The van der Waals surface area contributed by atoms with E-state index in [0.717, 1.165) is 18.9 Å². The SMILES string of the molecule is CCNC(CC1CCC1)c1ccc(CC)cc1. The Kier molecular flexibility index (Phi) is 4.61. The predicted molar refractivity (Wildman–Crippen MR) is 74.2 cm³/mol. The van der Waals surface area contributed by atoms with E-state index in [2.05, 4.69) is 43.4 Å². The Morgan fingerprint density at radius 1 is 1.18 bits per heavy atom. The van der Waals surface area contributed by atoms with Crippen molar-refractivity contribution in [2.75, 3.05) is 6.54 Å². The molecule has 0 amide bonds. The molecule has 0 aromatic heterocycles. The Balaban J connectivity index is 2.01. The summed E-state index contributed by atoms with van der Waals surface area (Å²) >= 11 is 0. The van der Waals surface area contributed by atoms with Gasteiger partial charge in [-0.05, 0) is 36.4 Å². The summed E-state index contributed by atoms with van der Waals surface area (Å²) in [4.78, 5) is 0. The van der Waals surface area contributed by atoms with E-state index in [-0.39, 0.29) is 0 Å². The van der Waals surface area contributed by atoms with Crippen molar-refractivity contribution in [2.45, 2.75) is 52.0 Å². The van der Waals surface area contributed by atoms with Crippen LogP contribution in [0.4, 0.5) is 0 Å². The standard InChI is InChI=1S/C16H25N/c1-3-13-8-10-15(11-9-13)16(17-4-2)12-14-6-5-7-14/h8-11,14,16-17H,3-7,12H2,1-2H3. The molecule has 0 aliphatic heterocycles. The molecular formula is C16H25N. The molecule has 94 valence electrons. The quantitative estimate of drug-likeness (QED) is 0.777. The van der Waals surface area contributed by atoms with Crippen LogP contribution in [0.2, 0.25) is 0 Å². The Bertz CT molecular complexity index is 324. The van der Waals surface area contributed by atoms with Crippen molar-refractivity contribution in [3.8, 4) is 0 Å². The molecule has 0 radical (unpaired) electrons. The van der Waals surface area contributed by atoms with Crippen molar-refractivity contribution >= 4 is 0 Å². The normalized spacial score (nSPS) is 17.8. The summed E-state index contributed by atoms with van der Waals surface area (Å²) in [5.41, 5.74) is 2.91. The highest BCUT2D eigenvalue weighted by Gasteiger charge is 2.22. The third-order valence-corrected chi connectivity index (χ3v) is 4.03. The van der Waals surface area contributed by atoms with Gasteiger partial charge in [0.2, 0.25) is 0 Å². The Morgan fingerprint density at radius 3 is 2.35 bits per heavy atom. The Hall–Kier alpha value is -0.820. The summed E-state index contributed by atoms with van der Waals surface area (Å²) in [5.74, 6) is 0.963. The van der Waals surface area contributed by atoms with Crippen molar-refractivity contribution in [1.29, 1.82) is 0 Å². The van der Waals surface area contributed by atoms with Gasteiger partial charge in [0.25, 0.3) is 0 Å². The van der Waals surface area contributed by atoms with E-state index in [4.69, 9.17) is 0 Å². The number of aryl methyl sites for hydroxylation is 1. The van der Waals surface area contributed by atoms with Crippen LogP contribution in [0, 0.1) is 5.92 Å². The molecule has 0 bridgehead atoms. The molecule has 1 heteroatoms. The maximum Gasteiger partial charge on any atom is 0.0322 e. The van der Waals surface area contributed by atoms with Gasteiger partial charge in [-0.15, -0.1) is 0 Å². The first-order chi connectivity index (χ1) is 8.33. The number of benzene rings is 1. The van der Waals surface area contributed by atoms with Gasteiger partial charge in [0.15, 0.2) is 0 Å². The number of hydrogen-bond acceptors (Lipinski definition) is 1. The molecule has 2 rings (SSSR count). The summed E-state index contributed by atoms with van der Waals surface area (Å²) in [6, 6.07) is 9.74. The molecule has 1 aromatic rings. The molecule has 0 spiro atoms. The average Bonchev–Trinajstić information content (AvgIpc) is 2.32. The monoisotopic (exact) mass is 231 g/mol. The topological polar surface area (TPSA) is 12.0 Å². The zero-order valence-corrected chi connectivity index (χ0v) is 11.2. The number of hydrogen-bond donors (Lipinski definition) is 1. The lowest BCUT2D eigenvalue weighted by molar-refractivity contribution is 0.262.